The van der Waals surface area contributed by atoms with Gasteiger partial charge < -0.3 is 10.6 Å². The molecular formula is C4H12N3. The highest BCUT2D eigenvalue weighted by atomic mass is 15.1. The van der Waals surface area contributed by atoms with Crippen LogP contribution in [0.1, 0.15) is 0 Å². The summed E-state index contributed by atoms with van der Waals surface area (Å²) in [7, 11) is 3.75. The average molecular weight is 102 g/mol. The van der Waals surface area contributed by atoms with Gasteiger partial charge in [0, 0.05) is 0 Å². The molecule has 0 aliphatic heterocycles. The van der Waals surface area contributed by atoms with Crippen molar-refractivity contribution in [3.63, 3.8) is 0 Å². The van der Waals surface area contributed by atoms with E-state index >= 15 is 0 Å². The molecule has 0 spiro atoms. The molecular weight excluding hydrogens is 90.1 g/mol. The lowest BCUT2D eigenvalue weighted by Crippen LogP contribution is -2.26. The Morgan fingerprint density at radius 3 is 1.86 bits per heavy atom. The maximum atomic E-state index is 3.99. The zero-order chi connectivity index (χ0) is 5.54. The second-order valence-electron chi connectivity index (χ2n) is 1.25. The zero-order valence-electron chi connectivity index (χ0n) is 4.86. The van der Waals surface area contributed by atoms with Crippen molar-refractivity contribution in [2.75, 3.05) is 27.4 Å². The van der Waals surface area contributed by atoms with Gasteiger partial charge in [-0.25, -0.2) is 5.32 Å². The summed E-state index contributed by atoms with van der Waals surface area (Å²) in [6.07, 6.45) is 0. The number of nitrogens with zero attached hydrogens (tertiary/aromatic N) is 1. The van der Waals surface area contributed by atoms with Gasteiger partial charge in [-0.05, 0) is 14.1 Å². The van der Waals surface area contributed by atoms with Crippen LogP contribution in [0.4, 0.5) is 0 Å². The minimum Gasteiger partial charge on any atom is -0.306 e. The van der Waals surface area contributed by atoms with E-state index < -0.39 is 0 Å². The molecule has 43 valence electrons. The quantitative estimate of drug-likeness (QED) is 0.444. The van der Waals surface area contributed by atoms with E-state index in [1.54, 1.807) is 0 Å². The Morgan fingerprint density at radius 2 is 1.57 bits per heavy atom. The van der Waals surface area contributed by atoms with E-state index in [1.807, 2.05) is 14.1 Å². The first-order valence-corrected chi connectivity index (χ1v) is 2.34. The molecule has 0 amide bonds. The number of rotatable bonds is 4. The van der Waals surface area contributed by atoms with Crippen LogP contribution in [0, 0.1) is 0 Å². The lowest BCUT2D eigenvalue weighted by atomic mass is 10.9. The van der Waals surface area contributed by atoms with E-state index in [4.69, 9.17) is 0 Å². The molecule has 0 aliphatic carbocycles. The highest BCUT2D eigenvalue weighted by molar-refractivity contribution is 4.33. The molecule has 0 fully saturated rings. The molecule has 2 N–H and O–H groups in total. The lowest BCUT2D eigenvalue weighted by molar-refractivity contribution is 0.582. The van der Waals surface area contributed by atoms with Crippen molar-refractivity contribution in [3.8, 4) is 0 Å². The van der Waals surface area contributed by atoms with E-state index in [2.05, 4.69) is 16.0 Å². The fourth-order valence-electron chi connectivity index (χ4n) is 0.280. The molecule has 0 saturated heterocycles. The molecule has 0 aromatic heterocycles. The average Bonchev–Trinajstić information content (AvgIpc) is 1.69. The van der Waals surface area contributed by atoms with Gasteiger partial charge in [0.2, 0.25) is 0 Å². The van der Waals surface area contributed by atoms with Crippen molar-refractivity contribution in [1.29, 1.82) is 0 Å². The van der Waals surface area contributed by atoms with Gasteiger partial charge in [-0.15, -0.1) is 0 Å². The van der Waals surface area contributed by atoms with Crippen molar-refractivity contribution in [2.45, 2.75) is 0 Å². The third-order valence-electron chi connectivity index (χ3n) is 0.540. The van der Waals surface area contributed by atoms with Gasteiger partial charge in [-0.2, -0.15) is 0 Å². The first-order valence-electron chi connectivity index (χ1n) is 2.34. The summed E-state index contributed by atoms with van der Waals surface area (Å²) < 4.78 is 0. The molecule has 0 saturated carbocycles. The first kappa shape index (κ1) is 6.88. The van der Waals surface area contributed by atoms with Crippen LogP contribution in [0.25, 0.3) is 0 Å². The fourth-order valence-corrected chi connectivity index (χ4v) is 0.280. The van der Waals surface area contributed by atoms with Gasteiger partial charge in [-0.1, -0.05) is 0 Å². The summed E-state index contributed by atoms with van der Waals surface area (Å²) in [6, 6.07) is 0. The smallest absolute Gasteiger partial charge is 0.0636 e. The Kier molecular flexibility index (Phi) is 5.78. The summed E-state index contributed by atoms with van der Waals surface area (Å²) in [5.41, 5.74) is 0. The third kappa shape index (κ3) is 5.88. The number of hydrogen-bond acceptors (Lipinski definition) is 2. The molecule has 0 rings (SSSR count). The molecule has 3 nitrogen and oxygen atoms in total. The molecule has 7 heavy (non-hydrogen) atoms. The Morgan fingerprint density at radius 1 is 1.14 bits per heavy atom. The maximum absolute atomic E-state index is 3.99. The SMILES string of the molecule is CNC[N]CNC. The van der Waals surface area contributed by atoms with E-state index in [0.717, 1.165) is 13.3 Å². The van der Waals surface area contributed by atoms with E-state index in [0.29, 0.717) is 0 Å². The van der Waals surface area contributed by atoms with Gasteiger partial charge in [0.1, 0.15) is 0 Å². The maximum Gasteiger partial charge on any atom is 0.0636 e. The molecule has 0 heterocycles. The Hall–Kier alpha value is -0.120. The highest BCUT2D eigenvalue weighted by Crippen LogP contribution is 1.47. The zero-order valence-corrected chi connectivity index (χ0v) is 4.86. The van der Waals surface area contributed by atoms with Gasteiger partial charge in [0.15, 0.2) is 0 Å². The third-order valence-corrected chi connectivity index (χ3v) is 0.540. The largest absolute Gasteiger partial charge is 0.306 e. The Labute approximate surface area is 44.5 Å². The van der Waals surface area contributed by atoms with Gasteiger partial charge in [-0.3, -0.25) is 0 Å². The standard InChI is InChI=1S/C4H12N3/c1-5-3-7-4-6-2/h5-6H,3-4H2,1-2H3. The van der Waals surface area contributed by atoms with Crippen LogP contribution in [0.15, 0.2) is 0 Å². The summed E-state index contributed by atoms with van der Waals surface area (Å²) in [4.78, 5) is 0. The Bertz CT molecular complexity index is 26.1. The fraction of sp³-hybridized carbons (Fsp3) is 1.00. The molecule has 0 aromatic carbocycles. The van der Waals surface area contributed by atoms with E-state index in [-0.39, 0.29) is 0 Å². The molecule has 3 heteroatoms. The highest BCUT2D eigenvalue weighted by Gasteiger charge is 1.76. The van der Waals surface area contributed by atoms with Crippen LogP contribution in [0.2, 0.25) is 0 Å². The summed E-state index contributed by atoms with van der Waals surface area (Å²) in [5.74, 6) is 0. The van der Waals surface area contributed by atoms with Crippen molar-refractivity contribution < 1.29 is 0 Å². The van der Waals surface area contributed by atoms with Crippen molar-refractivity contribution in [2.24, 2.45) is 0 Å². The minimum atomic E-state index is 0.737. The summed E-state index contributed by atoms with van der Waals surface area (Å²) >= 11 is 0. The van der Waals surface area contributed by atoms with Crippen LogP contribution in [-0.4, -0.2) is 27.4 Å². The van der Waals surface area contributed by atoms with Gasteiger partial charge >= 0.3 is 0 Å². The van der Waals surface area contributed by atoms with Crippen molar-refractivity contribution in [1.82, 2.24) is 16.0 Å². The van der Waals surface area contributed by atoms with Crippen LogP contribution in [0.3, 0.4) is 0 Å². The summed E-state index contributed by atoms with van der Waals surface area (Å²) in [5, 5.41) is 9.78. The molecule has 0 aromatic rings. The molecule has 1 radical (unpaired) electrons. The van der Waals surface area contributed by atoms with Crippen molar-refractivity contribution in [3.05, 3.63) is 0 Å². The van der Waals surface area contributed by atoms with E-state index in [9.17, 15) is 0 Å². The number of hydrogen-bond donors (Lipinski definition) is 2. The van der Waals surface area contributed by atoms with Crippen LogP contribution in [-0.2, 0) is 0 Å². The minimum absolute atomic E-state index is 0.737. The van der Waals surface area contributed by atoms with Crippen LogP contribution < -0.4 is 16.0 Å². The first-order chi connectivity index (χ1) is 3.41. The monoisotopic (exact) mass is 102 g/mol. The van der Waals surface area contributed by atoms with Gasteiger partial charge in [0.25, 0.3) is 0 Å². The molecule has 0 unspecified atom stereocenters. The Balaban J connectivity index is 2.45. The van der Waals surface area contributed by atoms with E-state index in [1.165, 1.54) is 0 Å². The summed E-state index contributed by atoms with van der Waals surface area (Å²) in [6.45, 7) is 1.47. The number of nitrogens with one attached hydrogen (secondary N) is 2. The topological polar surface area (TPSA) is 38.2 Å². The molecule has 0 atom stereocenters. The van der Waals surface area contributed by atoms with Crippen LogP contribution >= 0.6 is 0 Å². The second-order valence-corrected chi connectivity index (χ2v) is 1.25. The predicted octanol–water partition coefficient (Wildman–Crippen LogP) is -1.06. The van der Waals surface area contributed by atoms with Gasteiger partial charge in [0.05, 0.1) is 13.3 Å². The lowest BCUT2D eigenvalue weighted by Gasteiger charge is -1.96. The predicted molar refractivity (Wildman–Crippen MR) is 30.0 cm³/mol. The van der Waals surface area contributed by atoms with Crippen LogP contribution in [0.5, 0.6) is 0 Å². The molecule has 0 aliphatic rings. The molecule has 0 bridgehead atoms. The second kappa shape index (κ2) is 5.88. The normalized spacial score (nSPS) is 9.43. The van der Waals surface area contributed by atoms with Crippen molar-refractivity contribution >= 4 is 0 Å².